The van der Waals surface area contributed by atoms with E-state index in [1.54, 1.807) is 18.2 Å². The Bertz CT molecular complexity index is 819. The molecule has 0 spiro atoms. The minimum absolute atomic E-state index is 0.154. The van der Waals surface area contributed by atoms with E-state index in [-0.39, 0.29) is 5.91 Å². The molecule has 0 aliphatic carbocycles. The fraction of sp³-hybridized carbons (Fsp3) is 0.300. The summed E-state index contributed by atoms with van der Waals surface area (Å²) in [5.74, 6) is 0.402. The number of ether oxygens (including phenoxy) is 1. The summed E-state index contributed by atoms with van der Waals surface area (Å²) in [4.78, 5) is 11.9. The Labute approximate surface area is 164 Å². The van der Waals surface area contributed by atoms with Crippen LogP contribution in [-0.2, 0) is 4.79 Å². The molecule has 0 aromatic heterocycles. The lowest BCUT2D eigenvalue weighted by Crippen LogP contribution is -2.19. The molecule has 0 aliphatic rings. The smallest absolute Gasteiger partial charge is 0.240 e. The zero-order valence-corrected chi connectivity index (χ0v) is 16.6. The van der Waals surface area contributed by atoms with E-state index >= 15 is 0 Å². The van der Waals surface area contributed by atoms with E-state index in [9.17, 15) is 4.79 Å². The fourth-order valence-electron chi connectivity index (χ4n) is 2.24. The van der Waals surface area contributed by atoms with Gasteiger partial charge in [-0.2, -0.15) is 5.10 Å². The van der Waals surface area contributed by atoms with Gasteiger partial charge in [0, 0.05) is 11.4 Å². The molecule has 138 valence electrons. The minimum Gasteiger partial charge on any atom is -0.492 e. The quantitative estimate of drug-likeness (QED) is 0.394. The maximum Gasteiger partial charge on any atom is 0.240 e. The molecule has 0 saturated heterocycles. The van der Waals surface area contributed by atoms with Gasteiger partial charge in [-0.15, -0.1) is 0 Å². The topological polar surface area (TPSA) is 50.7 Å². The van der Waals surface area contributed by atoms with E-state index in [0.29, 0.717) is 35.2 Å². The van der Waals surface area contributed by atoms with Gasteiger partial charge in [0.1, 0.15) is 5.75 Å². The third-order valence-electron chi connectivity index (χ3n) is 3.97. The second-order valence-corrected chi connectivity index (χ2v) is 6.90. The number of rotatable bonds is 7. The van der Waals surface area contributed by atoms with Crippen molar-refractivity contribution in [2.24, 2.45) is 5.10 Å². The molecule has 0 fully saturated rings. The van der Waals surface area contributed by atoms with Crippen LogP contribution >= 0.6 is 23.2 Å². The lowest BCUT2D eigenvalue weighted by Gasteiger charge is -2.08. The van der Waals surface area contributed by atoms with Gasteiger partial charge in [-0.3, -0.25) is 4.79 Å². The Balaban J connectivity index is 1.76. The van der Waals surface area contributed by atoms with Crippen LogP contribution < -0.4 is 10.2 Å². The predicted molar refractivity (Wildman–Crippen MR) is 107 cm³/mol. The van der Waals surface area contributed by atoms with Crippen molar-refractivity contribution < 1.29 is 9.53 Å². The first kappa shape index (κ1) is 20.3. The highest BCUT2D eigenvalue weighted by Gasteiger charge is 2.05. The number of benzene rings is 2. The highest BCUT2D eigenvalue weighted by atomic mass is 35.5. The molecule has 6 heteroatoms. The number of carbonyl (C=O) groups is 1. The third-order valence-corrected chi connectivity index (χ3v) is 4.50. The van der Waals surface area contributed by atoms with Crippen LogP contribution in [0.5, 0.6) is 5.75 Å². The number of hydrogen-bond acceptors (Lipinski definition) is 3. The summed E-state index contributed by atoms with van der Waals surface area (Å²) in [5, 5.41) is 5.17. The number of carbonyl (C=O) groups excluding carboxylic acids is 1. The molecular formula is C20H22Cl2N2O2. The molecule has 0 atom stereocenters. The van der Waals surface area contributed by atoms with Gasteiger partial charge in [0.15, 0.2) is 0 Å². The Morgan fingerprint density at radius 2 is 1.88 bits per heavy atom. The SMILES string of the molecule is CC(=NNC(=O)CCCOc1ccc(Cl)cc1Cl)c1ccc(C)c(C)c1. The van der Waals surface area contributed by atoms with Crippen molar-refractivity contribution in [3.8, 4) is 5.75 Å². The molecule has 0 bridgehead atoms. The summed E-state index contributed by atoms with van der Waals surface area (Å²) >= 11 is 11.9. The third kappa shape index (κ3) is 6.04. The number of hydrogen-bond donors (Lipinski definition) is 1. The molecule has 0 heterocycles. The largest absolute Gasteiger partial charge is 0.492 e. The molecule has 0 aliphatic heterocycles. The zero-order chi connectivity index (χ0) is 19.1. The van der Waals surface area contributed by atoms with Crippen molar-refractivity contribution in [2.75, 3.05) is 6.61 Å². The lowest BCUT2D eigenvalue weighted by atomic mass is 10.0. The lowest BCUT2D eigenvalue weighted by molar-refractivity contribution is -0.121. The first-order chi connectivity index (χ1) is 12.4. The molecule has 1 N–H and O–H groups in total. The number of halogens is 2. The first-order valence-corrected chi connectivity index (χ1v) is 9.11. The van der Waals surface area contributed by atoms with E-state index in [0.717, 1.165) is 11.3 Å². The van der Waals surface area contributed by atoms with E-state index in [4.69, 9.17) is 27.9 Å². The van der Waals surface area contributed by atoms with Crippen molar-refractivity contribution in [1.82, 2.24) is 5.43 Å². The number of amides is 1. The van der Waals surface area contributed by atoms with Gasteiger partial charge in [-0.05, 0) is 68.1 Å². The predicted octanol–water partition coefficient (Wildman–Crippen LogP) is 5.31. The molecule has 2 aromatic carbocycles. The van der Waals surface area contributed by atoms with Gasteiger partial charge in [-0.1, -0.05) is 35.3 Å². The highest BCUT2D eigenvalue weighted by molar-refractivity contribution is 6.35. The van der Waals surface area contributed by atoms with E-state index in [2.05, 4.69) is 30.4 Å². The summed E-state index contributed by atoms with van der Waals surface area (Å²) in [6, 6.07) is 11.1. The molecular weight excluding hydrogens is 371 g/mol. The van der Waals surface area contributed by atoms with Crippen LogP contribution in [0.1, 0.15) is 36.5 Å². The summed E-state index contributed by atoms with van der Waals surface area (Å²) in [6.45, 7) is 6.37. The van der Waals surface area contributed by atoms with Gasteiger partial charge in [0.2, 0.25) is 5.91 Å². The van der Waals surface area contributed by atoms with Crippen LogP contribution in [0.4, 0.5) is 0 Å². The second-order valence-electron chi connectivity index (χ2n) is 6.06. The summed E-state index contributed by atoms with van der Waals surface area (Å²) in [6.07, 6.45) is 0.873. The van der Waals surface area contributed by atoms with Crippen LogP contribution in [0.2, 0.25) is 10.0 Å². The number of hydrazone groups is 1. The normalized spacial score (nSPS) is 11.3. The molecule has 2 aromatic rings. The second kappa shape index (κ2) is 9.60. The molecule has 0 unspecified atom stereocenters. The van der Waals surface area contributed by atoms with Gasteiger partial charge in [0.25, 0.3) is 0 Å². The molecule has 4 nitrogen and oxygen atoms in total. The molecule has 26 heavy (non-hydrogen) atoms. The summed E-state index contributed by atoms with van der Waals surface area (Å²) in [5.41, 5.74) is 6.77. The monoisotopic (exact) mass is 392 g/mol. The Morgan fingerprint density at radius 3 is 2.58 bits per heavy atom. The molecule has 1 amide bonds. The van der Waals surface area contributed by atoms with Gasteiger partial charge < -0.3 is 4.74 Å². The van der Waals surface area contributed by atoms with Crippen molar-refractivity contribution in [1.29, 1.82) is 0 Å². The van der Waals surface area contributed by atoms with Crippen LogP contribution in [0.25, 0.3) is 0 Å². The molecule has 2 rings (SSSR count). The Hall–Kier alpha value is -2.04. The highest BCUT2D eigenvalue weighted by Crippen LogP contribution is 2.27. The first-order valence-electron chi connectivity index (χ1n) is 8.35. The Morgan fingerprint density at radius 1 is 1.12 bits per heavy atom. The molecule has 0 saturated carbocycles. The number of nitrogens with one attached hydrogen (secondary N) is 1. The van der Waals surface area contributed by atoms with E-state index in [1.165, 1.54) is 11.1 Å². The standard InChI is InChI=1S/C20H22Cl2N2O2/c1-13-6-7-16(11-14(13)2)15(3)23-24-20(25)5-4-10-26-19-9-8-17(21)12-18(19)22/h6-9,11-12H,4-5,10H2,1-3H3,(H,24,25). The van der Waals surface area contributed by atoms with E-state index < -0.39 is 0 Å². The van der Waals surface area contributed by atoms with Crippen LogP contribution in [0.15, 0.2) is 41.5 Å². The van der Waals surface area contributed by atoms with Crippen LogP contribution in [-0.4, -0.2) is 18.2 Å². The van der Waals surface area contributed by atoms with Gasteiger partial charge in [-0.25, -0.2) is 5.43 Å². The van der Waals surface area contributed by atoms with Crippen LogP contribution in [0, 0.1) is 13.8 Å². The number of nitrogens with zero attached hydrogens (tertiary/aromatic N) is 1. The summed E-state index contributed by atoms with van der Waals surface area (Å²) in [7, 11) is 0. The zero-order valence-electron chi connectivity index (χ0n) is 15.1. The number of aryl methyl sites for hydroxylation is 2. The van der Waals surface area contributed by atoms with Gasteiger partial charge >= 0.3 is 0 Å². The van der Waals surface area contributed by atoms with Crippen molar-refractivity contribution in [3.63, 3.8) is 0 Å². The van der Waals surface area contributed by atoms with Crippen LogP contribution in [0.3, 0.4) is 0 Å². The minimum atomic E-state index is -0.154. The average molecular weight is 393 g/mol. The Kier molecular flexibility index (Phi) is 7.49. The van der Waals surface area contributed by atoms with E-state index in [1.807, 2.05) is 19.1 Å². The van der Waals surface area contributed by atoms with Crippen molar-refractivity contribution >= 4 is 34.8 Å². The summed E-state index contributed by atoms with van der Waals surface area (Å²) < 4.78 is 5.56. The van der Waals surface area contributed by atoms with Crippen molar-refractivity contribution in [3.05, 3.63) is 63.1 Å². The average Bonchev–Trinajstić information content (AvgIpc) is 2.60. The maximum atomic E-state index is 11.9. The van der Waals surface area contributed by atoms with Crippen molar-refractivity contribution in [2.45, 2.75) is 33.6 Å². The molecule has 0 radical (unpaired) electrons. The van der Waals surface area contributed by atoms with Gasteiger partial charge in [0.05, 0.1) is 17.3 Å². The maximum absolute atomic E-state index is 11.9. The fourth-order valence-corrected chi connectivity index (χ4v) is 2.70.